The highest BCUT2D eigenvalue weighted by Crippen LogP contribution is 2.20. The first-order valence-electron chi connectivity index (χ1n) is 4.63. The van der Waals surface area contributed by atoms with Gasteiger partial charge in [-0.25, -0.2) is 4.98 Å². The van der Waals surface area contributed by atoms with E-state index in [2.05, 4.69) is 9.97 Å². The monoisotopic (exact) mass is 218 g/mol. The van der Waals surface area contributed by atoms with Gasteiger partial charge in [0.25, 0.3) is 0 Å². The number of nitrogens with zero attached hydrogens (tertiary/aromatic N) is 2. The third-order valence-electron chi connectivity index (χ3n) is 2.14. The van der Waals surface area contributed by atoms with Crippen LogP contribution in [0, 0.1) is 0 Å². The highest BCUT2D eigenvalue weighted by molar-refractivity contribution is 7.09. The van der Waals surface area contributed by atoms with Gasteiger partial charge in [-0.3, -0.25) is 4.98 Å². The number of hydrogen-bond donors (Lipinski definition) is 0. The van der Waals surface area contributed by atoms with Crippen molar-refractivity contribution in [2.24, 2.45) is 0 Å². The summed E-state index contributed by atoms with van der Waals surface area (Å²) in [6, 6.07) is 3.84. The topological polar surface area (TPSA) is 42.9 Å². The first kappa shape index (κ1) is 9.98. The number of aromatic nitrogens is 2. The van der Waals surface area contributed by atoms with E-state index in [9.17, 15) is 4.79 Å². The van der Waals surface area contributed by atoms with Crippen LogP contribution in [0.4, 0.5) is 0 Å². The van der Waals surface area contributed by atoms with Crippen molar-refractivity contribution in [3.63, 3.8) is 0 Å². The normalized spacial score (nSPS) is 12.3. The molecule has 0 bridgehead atoms. The Labute approximate surface area is 91.8 Å². The van der Waals surface area contributed by atoms with E-state index < -0.39 is 0 Å². The van der Waals surface area contributed by atoms with E-state index in [1.165, 1.54) is 11.3 Å². The van der Waals surface area contributed by atoms with E-state index in [1.807, 2.05) is 17.5 Å². The minimum atomic E-state index is -0.132. The van der Waals surface area contributed by atoms with Crippen LogP contribution in [0.1, 0.15) is 16.5 Å². The fraction of sp³-hybridized carbons (Fsp3) is 0.182. The van der Waals surface area contributed by atoms with Crippen LogP contribution >= 0.6 is 11.3 Å². The lowest BCUT2D eigenvalue weighted by Crippen LogP contribution is -2.03. The zero-order valence-electron chi connectivity index (χ0n) is 8.04. The Bertz CT molecular complexity index is 413. The number of rotatable bonds is 4. The van der Waals surface area contributed by atoms with Crippen molar-refractivity contribution in [2.75, 3.05) is 0 Å². The molecule has 0 amide bonds. The van der Waals surface area contributed by atoms with Crippen LogP contribution in [-0.2, 0) is 11.2 Å². The van der Waals surface area contributed by atoms with Gasteiger partial charge in [-0.15, -0.1) is 11.3 Å². The number of pyridine rings is 1. The van der Waals surface area contributed by atoms with Crippen LogP contribution in [-0.4, -0.2) is 16.3 Å². The third-order valence-corrected chi connectivity index (χ3v) is 3.05. The van der Waals surface area contributed by atoms with Gasteiger partial charge in [0.05, 0.1) is 5.92 Å². The molecular formula is C11H10N2OS. The fourth-order valence-corrected chi connectivity index (χ4v) is 2.08. The summed E-state index contributed by atoms with van der Waals surface area (Å²) in [5.74, 6) is -0.132. The molecule has 15 heavy (non-hydrogen) atoms. The van der Waals surface area contributed by atoms with E-state index >= 15 is 0 Å². The molecule has 4 heteroatoms. The Morgan fingerprint density at radius 1 is 1.33 bits per heavy atom. The zero-order valence-corrected chi connectivity index (χ0v) is 8.85. The van der Waals surface area contributed by atoms with Crippen molar-refractivity contribution in [1.29, 1.82) is 0 Å². The largest absolute Gasteiger partial charge is 0.303 e. The molecule has 2 rings (SSSR count). The molecule has 0 saturated carbocycles. The Balaban J connectivity index is 2.13. The van der Waals surface area contributed by atoms with Crippen LogP contribution in [0.5, 0.6) is 0 Å². The maximum Gasteiger partial charge on any atom is 0.130 e. The molecule has 0 radical (unpaired) electrons. The summed E-state index contributed by atoms with van der Waals surface area (Å²) in [5, 5.41) is 2.76. The van der Waals surface area contributed by atoms with E-state index in [0.717, 1.165) is 16.9 Å². The maximum atomic E-state index is 11.0. The molecule has 0 aliphatic heterocycles. The second-order valence-electron chi connectivity index (χ2n) is 3.17. The van der Waals surface area contributed by atoms with Crippen molar-refractivity contribution in [1.82, 2.24) is 9.97 Å². The SMILES string of the molecule is O=CC(Cc1ccncc1)c1nccs1. The molecule has 2 aromatic rings. The molecule has 0 aliphatic rings. The number of thiazole rings is 1. The summed E-state index contributed by atoms with van der Waals surface area (Å²) in [6.07, 6.45) is 6.85. The van der Waals surface area contributed by atoms with E-state index in [4.69, 9.17) is 0 Å². The third kappa shape index (κ3) is 2.47. The summed E-state index contributed by atoms with van der Waals surface area (Å²) < 4.78 is 0. The Morgan fingerprint density at radius 3 is 2.73 bits per heavy atom. The molecule has 0 aliphatic carbocycles. The van der Waals surface area contributed by atoms with E-state index in [-0.39, 0.29) is 5.92 Å². The van der Waals surface area contributed by atoms with Crippen molar-refractivity contribution < 1.29 is 4.79 Å². The number of carbonyl (C=O) groups is 1. The van der Waals surface area contributed by atoms with Gasteiger partial charge in [0.15, 0.2) is 0 Å². The molecule has 1 unspecified atom stereocenters. The molecule has 2 aromatic heterocycles. The van der Waals surface area contributed by atoms with Crippen LogP contribution in [0.15, 0.2) is 36.1 Å². The first-order chi connectivity index (χ1) is 7.40. The van der Waals surface area contributed by atoms with Gasteiger partial charge < -0.3 is 4.79 Å². The van der Waals surface area contributed by atoms with Crippen molar-refractivity contribution in [3.05, 3.63) is 46.7 Å². The second kappa shape index (κ2) is 4.79. The van der Waals surface area contributed by atoms with Gasteiger partial charge in [0.2, 0.25) is 0 Å². The summed E-state index contributed by atoms with van der Waals surface area (Å²) in [5.41, 5.74) is 1.11. The van der Waals surface area contributed by atoms with Crippen LogP contribution in [0.2, 0.25) is 0 Å². The summed E-state index contributed by atoms with van der Waals surface area (Å²) in [7, 11) is 0. The lowest BCUT2D eigenvalue weighted by atomic mass is 10.0. The van der Waals surface area contributed by atoms with Gasteiger partial charge in [-0.1, -0.05) is 0 Å². The molecule has 2 heterocycles. The van der Waals surface area contributed by atoms with Crippen LogP contribution in [0.3, 0.4) is 0 Å². The van der Waals surface area contributed by atoms with Crippen molar-refractivity contribution in [2.45, 2.75) is 12.3 Å². The zero-order chi connectivity index (χ0) is 10.5. The molecule has 76 valence electrons. The summed E-state index contributed by atoms with van der Waals surface area (Å²) in [6.45, 7) is 0. The molecule has 0 saturated heterocycles. The fourth-order valence-electron chi connectivity index (χ4n) is 1.38. The lowest BCUT2D eigenvalue weighted by molar-refractivity contribution is -0.109. The van der Waals surface area contributed by atoms with Gasteiger partial charge in [-0.2, -0.15) is 0 Å². The van der Waals surface area contributed by atoms with Crippen LogP contribution < -0.4 is 0 Å². The van der Waals surface area contributed by atoms with Gasteiger partial charge in [0.1, 0.15) is 11.3 Å². The predicted octanol–water partition coefficient (Wildman–Crippen LogP) is 2.06. The average molecular weight is 218 g/mol. The van der Waals surface area contributed by atoms with Crippen molar-refractivity contribution >= 4 is 17.6 Å². The second-order valence-corrected chi connectivity index (χ2v) is 4.10. The average Bonchev–Trinajstić information content (AvgIpc) is 2.81. The number of hydrogen-bond acceptors (Lipinski definition) is 4. The van der Waals surface area contributed by atoms with Gasteiger partial charge in [0, 0.05) is 24.0 Å². The number of aldehydes is 1. The molecule has 0 N–H and O–H groups in total. The summed E-state index contributed by atoms with van der Waals surface area (Å²) in [4.78, 5) is 19.1. The predicted molar refractivity (Wildman–Crippen MR) is 58.9 cm³/mol. The number of carbonyl (C=O) groups excluding carboxylic acids is 1. The van der Waals surface area contributed by atoms with Crippen molar-refractivity contribution in [3.8, 4) is 0 Å². The smallest absolute Gasteiger partial charge is 0.130 e. The first-order valence-corrected chi connectivity index (χ1v) is 5.51. The molecule has 0 spiro atoms. The lowest BCUT2D eigenvalue weighted by Gasteiger charge is -2.06. The van der Waals surface area contributed by atoms with Crippen LogP contribution in [0.25, 0.3) is 0 Å². The molecule has 3 nitrogen and oxygen atoms in total. The minimum absolute atomic E-state index is 0.132. The quantitative estimate of drug-likeness (QED) is 0.738. The van der Waals surface area contributed by atoms with Gasteiger partial charge in [-0.05, 0) is 24.1 Å². The summed E-state index contributed by atoms with van der Waals surface area (Å²) >= 11 is 1.52. The maximum absolute atomic E-state index is 11.0. The van der Waals surface area contributed by atoms with E-state index in [0.29, 0.717) is 6.42 Å². The highest BCUT2D eigenvalue weighted by Gasteiger charge is 2.13. The Hall–Kier alpha value is -1.55. The standard InChI is InChI=1S/C11H10N2OS/c14-8-10(11-13-5-6-15-11)7-9-1-3-12-4-2-9/h1-6,8,10H,7H2. The highest BCUT2D eigenvalue weighted by atomic mass is 32.1. The minimum Gasteiger partial charge on any atom is -0.303 e. The van der Waals surface area contributed by atoms with Gasteiger partial charge >= 0.3 is 0 Å². The Morgan fingerprint density at radius 2 is 2.13 bits per heavy atom. The van der Waals surface area contributed by atoms with E-state index in [1.54, 1.807) is 18.6 Å². The molecule has 1 atom stereocenters. The molecular weight excluding hydrogens is 208 g/mol. The molecule has 0 aromatic carbocycles. The molecule has 0 fully saturated rings. The Kier molecular flexibility index (Phi) is 3.19.